The van der Waals surface area contributed by atoms with Crippen LogP contribution in [0.5, 0.6) is 0 Å². The van der Waals surface area contributed by atoms with E-state index in [0.29, 0.717) is 0 Å². The Bertz CT molecular complexity index is 416. The van der Waals surface area contributed by atoms with Crippen molar-refractivity contribution in [2.75, 3.05) is 6.61 Å². The highest BCUT2D eigenvalue weighted by atomic mass is 16.5. The van der Waals surface area contributed by atoms with Crippen LogP contribution in [0, 0.1) is 6.92 Å². The molecule has 0 aliphatic carbocycles. The number of ether oxygens (including phenoxy) is 1. The standard InChI is InChI=1S/C12H18N2O/c1-8(2)10-9(3)14-6-7-15-12(4,5)11(14)13-10/h1,6-7H2,2-5H3. The molecule has 1 aromatic rings. The lowest BCUT2D eigenvalue weighted by Gasteiger charge is -2.30. The van der Waals surface area contributed by atoms with Crippen LogP contribution >= 0.6 is 0 Å². The zero-order chi connectivity index (χ0) is 11.2. The van der Waals surface area contributed by atoms with E-state index in [0.717, 1.165) is 30.2 Å². The van der Waals surface area contributed by atoms with Gasteiger partial charge in [-0.15, -0.1) is 0 Å². The van der Waals surface area contributed by atoms with Crippen LogP contribution in [0.3, 0.4) is 0 Å². The Morgan fingerprint density at radius 1 is 1.53 bits per heavy atom. The number of hydrogen-bond donors (Lipinski definition) is 0. The Morgan fingerprint density at radius 2 is 2.20 bits per heavy atom. The average Bonchev–Trinajstić information content (AvgIpc) is 2.45. The maximum absolute atomic E-state index is 5.73. The zero-order valence-corrected chi connectivity index (χ0v) is 9.92. The summed E-state index contributed by atoms with van der Waals surface area (Å²) in [6.07, 6.45) is 0. The van der Waals surface area contributed by atoms with Gasteiger partial charge in [0.1, 0.15) is 11.4 Å². The normalized spacial score (nSPS) is 18.7. The van der Waals surface area contributed by atoms with Crippen LogP contribution in [-0.2, 0) is 16.9 Å². The van der Waals surface area contributed by atoms with Crippen LogP contribution in [0.4, 0.5) is 0 Å². The van der Waals surface area contributed by atoms with Crippen molar-refractivity contribution in [2.24, 2.45) is 0 Å². The maximum atomic E-state index is 5.73. The fourth-order valence-corrected chi connectivity index (χ4v) is 2.13. The molecule has 0 amide bonds. The molecule has 0 saturated heterocycles. The third-order valence-corrected chi connectivity index (χ3v) is 2.94. The summed E-state index contributed by atoms with van der Waals surface area (Å²) in [7, 11) is 0. The molecule has 1 aromatic heterocycles. The first-order valence-electron chi connectivity index (χ1n) is 5.31. The second-order valence-electron chi connectivity index (χ2n) is 4.66. The van der Waals surface area contributed by atoms with Crippen LogP contribution in [0.15, 0.2) is 6.58 Å². The van der Waals surface area contributed by atoms with Crippen LogP contribution in [0.2, 0.25) is 0 Å². The van der Waals surface area contributed by atoms with Crippen molar-refractivity contribution in [1.29, 1.82) is 0 Å². The molecule has 1 aliphatic rings. The van der Waals surface area contributed by atoms with E-state index >= 15 is 0 Å². The summed E-state index contributed by atoms with van der Waals surface area (Å²) < 4.78 is 7.97. The second-order valence-corrected chi connectivity index (χ2v) is 4.66. The molecule has 0 atom stereocenters. The van der Waals surface area contributed by atoms with Crippen molar-refractivity contribution in [3.63, 3.8) is 0 Å². The van der Waals surface area contributed by atoms with Crippen molar-refractivity contribution in [1.82, 2.24) is 9.55 Å². The smallest absolute Gasteiger partial charge is 0.141 e. The monoisotopic (exact) mass is 206 g/mol. The Hall–Kier alpha value is -1.09. The Morgan fingerprint density at radius 3 is 2.73 bits per heavy atom. The Kier molecular flexibility index (Phi) is 2.23. The first-order chi connectivity index (χ1) is 6.93. The molecule has 3 heteroatoms. The van der Waals surface area contributed by atoms with Gasteiger partial charge in [-0.2, -0.15) is 0 Å². The van der Waals surface area contributed by atoms with E-state index in [1.165, 1.54) is 5.69 Å². The lowest BCUT2D eigenvalue weighted by molar-refractivity contribution is -0.0543. The molecule has 15 heavy (non-hydrogen) atoms. The Labute approximate surface area is 90.8 Å². The number of imidazole rings is 1. The summed E-state index contributed by atoms with van der Waals surface area (Å²) in [6, 6.07) is 0. The molecule has 2 rings (SSSR count). The highest BCUT2D eigenvalue weighted by Gasteiger charge is 2.32. The minimum atomic E-state index is -0.281. The van der Waals surface area contributed by atoms with Gasteiger partial charge < -0.3 is 9.30 Å². The van der Waals surface area contributed by atoms with Gasteiger partial charge in [0.25, 0.3) is 0 Å². The van der Waals surface area contributed by atoms with Crippen molar-refractivity contribution < 1.29 is 4.74 Å². The molecule has 0 fully saturated rings. The van der Waals surface area contributed by atoms with E-state index in [2.05, 4.69) is 36.9 Å². The molecule has 2 heterocycles. The molecular formula is C12H18N2O. The summed E-state index contributed by atoms with van der Waals surface area (Å²) >= 11 is 0. The first kappa shape index (κ1) is 10.4. The molecule has 0 aromatic carbocycles. The minimum absolute atomic E-state index is 0.281. The van der Waals surface area contributed by atoms with Gasteiger partial charge >= 0.3 is 0 Å². The summed E-state index contributed by atoms with van der Waals surface area (Å²) in [4.78, 5) is 4.64. The van der Waals surface area contributed by atoms with Crippen LogP contribution < -0.4 is 0 Å². The van der Waals surface area contributed by atoms with E-state index in [1.807, 2.05) is 6.92 Å². The van der Waals surface area contributed by atoms with E-state index in [9.17, 15) is 0 Å². The SMILES string of the molecule is C=C(C)c1nc2n(c1C)CCOC2(C)C. The molecule has 82 valence electrons. The topological polar surface area (TPSA) is 27.1 Å². The average molecular weight is 206 g/mol. The molecule has 0 radical (unpaired) electrons. The van der Waals surface area contributed by atoms with E-state index < -0.39 is 0 Å². The molecule has 1 aliphatic heterocycles. The number of nitrogens with zero attached hydrogens (tertiary/aromatic N) is 2. The summed E-state index contributed by atoms with van der Waals surface area (Å²) in [5.74, 6) is 1.02. The zero-order valence-electron chi connectivity index (χ0n) is 9.92. The minimum Gasteiger partial charge on any atom is -0.366 e. The lowest BCUT2D eigenvalue weighted by Crippen LogP contribution is -2.33. The van der Waals surface area contributed by atoms with Crippen LogP contribution in [0.1, 0.15) is 38.0 Å². The third kappa shape index (κ3) is 1.51. The first-order valence-corrected chi connectivity index (χ1v) is 5.31. The van der Waals surface area contributed by atoms with Gasteiger partial charge in [0.2, 0.25) is 0 Å². The van der Waals surface area contributed by atoms with Crippen molar-refractivity contribution in [3.05, 3.63) is 23.8 Å². The summed E-state index contributed by atoms with van der Waals surface area (Å²) in [6.45, 7) is 13.8. The molecule has 3 nitrogen and oxygen atoms in total. The predicted octanol–water partition coefficient (Wildman–Crippen LogP) is 2.49. The molecule has 0 N–H and O–H groups in total. The van der Waals surface area contributed by atoms with Gasteiger partial charge in [0.15, 0.2) is 0 Å². The highest BCUT2D eigenvalue weighted by Crippen LogP contribution is 2.31. The fourth-order valence-electron chi connectivity index (χ4n) is 2.13. The number of rotatable bonds is 1. The number of hydrogen-bond acceptors (Lipinski definition) is 2. The van der Waals surface area contributed by atoms with Crippen molar-refractivity contribution >= 4 is 5.57 Å². The number of fused-ring (bicyclic) bond motifs is 1. The summed E-state index contributed by atoms with van der Waals surface area (Å²) in [5, 5.41) is 0. The van der Waals surface area contributed by atoms with Gasteiger partial charge in [-0.1, -0.05) is 6.58 Å². The van der Waals surface area contributed by atoms with Gasteiger partial charge in [-0.3, -0.25) is 0 Å². The van der Waals surface area contributed by atoms with Crippen LogP contribution in [0.25, 0.3) is 5.57 Å². The summed E-state index contributed by atoms with van der Waals surface area (Å²) in [5.41, 5.74) is 2.96. The predicted molar refractivity (Wildman–Crippen MR) is 60.7 cm³/mol. The molecular weight excluding hydrogens is 188 g/mol. The van der Waals surface area contributed by atoms with Gasteiger partial charge in [-0.25, -0.2) is 4.98 Å². The van der Waals surface area contributed by atoms with Crippen molar-refractivity contribution in [2.45, 2.75) is 39.8 Å². The molecule has 0 spiro atoms. The van der Waals surface area contributed by atoms with E-state index in [4.69, 9.17) is 4.74 Å². The van der Waals surface area contributed by atoms with E-state index in [1.54, 1.807) is 0 Å². The third-order valence-electron chi connectivity index (χ3n) is 2.94. The maximum Gasteiger partial charge on any atom is 0.141 e. The quantitative estimate of drug-likeness (QED) is 0.706. The van der Waals surface area contributed by atoms with Gasteiger partial charge in [-0.05, 0) is 33.3 Å². The van der Waals surface area contributed by atoms with Gasteiger partial charge in [0, 0.05) is 12.2 Å². The molecule has 0 unspecified atom stereocenters. The lowest BCUT2D eigenvalue weighted by atomic mass is 10.1. The largest absolute Gasteiger partial charge is 0.366 e. The molecule has 0 saturated carbocycles. The van der Waals surface area contributed by atoms with Crippen molar-refractivity contribution in [3.8, 4) is 0 Å². The fraction of sp³-hybridized carbons (Fsp3) is 0.583. The second kappa shape index (κ2) is 3.20. The number of allylic oxidation sites excluding steroid dienone is 1. The highest BCUT2D eigenvalue weighted by molar-refractivity contribution is 5.60. The van der Waals surface area contributed by atoms with E-state index in [-0.39, 0.29) is 5.60 Å². The van der Waals surface area contributed by atoms with Crippen LogP contribution in [-0.4, -0.2) is 16.2 Å². The number of aromatic nitrogens is 2. The van der Waals surface area contributed by atoms with Gasteiger partial charge in [0.05, 0.1) is 12.3 Å². The Balaban J connectivity index is 2.60. The molecule has 0 bridgehead atoms.